The van der Waals surface area contributed by atoms with Crippen molar-refractivity contribution in [1.82, 2.24) is 10.3 Å². The minimum atomic E-state index is -0.705. The molecule has 0 fully saturated rings. The van der Waals surface area contributed by atoms with Gasteiger partial charge in [0.05, 0.1) is 16.8 Å². The molecule has 2 aromatic rings. The summed E-state index contributed by atoms with van der Waals surface area (Å²) in [5.41, 5.74) is 1.98. The third kappa shape index (κ3) is 4.92. The summed E-state index contributed by atoms with van der Waals surface area (Å²) in [6, 6.07) is 5.21. The van der Waals surface area contributed by atoms with E-state index in [-0.39, 0.29) is 11.8 Å². The van der Waals surface area contributed by atoms with Gasteiger partial charge in [0.25, 0.3) is 0 Å². The number of fused-ring (bicyclic) bond motifs is 1. The molecule has 0 spiro atoms. The van der Waals surface area contributed by atoms with Crippen molar-refractivity contribution >= 4 is 38.7 Å². The summed E-state index contributed by atoms with van der Waals surface area (Å²) < 4.78 is 6.00. The Morgan fingerprint density at radius 3 is 2.74 bits per heavy atom. The van der Waals surface area contributed by atoms with E-state index >= 15 is 0 Å². The van der Waals surface area contributed by atoms with Gasteiger partial charge in [-0.2, -0.15) is 0 Å². The van der Waals surface area contributed by atoms with E-state index in [0.717, 1.165) is 15.8 Å². The zero-order chi connectivity index (χ0) is 17.0. The summed E-state index contributed by atoms with van der Waals surface area (Å²) in [5.74, 6) is -0.0848. The number of rotatable bonds is 5. The first-order valence-corrected chi connectivity index (χ1v) is 8.28. The Hall–Kier alpha value is -2.15. The van der Waals surface area contributed by atoms with Crippen molar-refractivity contribution in [2.24, 2.45) is 5.92 Å². The summed E-state index contributed by atoms with van der Waals surface area (Å²) in [7, 11) is 0. The van der Waals surface area contributed by atoms with E-state index in [2.05, 4.69) is 15.6 Å². The molecule has 0 aliphatic rings. The molecule has 7 heteroatoms. The number of aromatic nitrogens is 1. The molecule has 0 bridgehead atoms. The fourth-order valence-electron chi connectivity index (χ4n) is 1.83. The number of alkyl carbamates (subject to hydrolysis) is 1. The highest BCUT2D eigenvalue weighted by molar-refractivity contribution is 7.22. The first-order valence-electron chi connectivity index (χ1n) is 7.46. The van der Waals surface area contributed by atoms with Gasteiger partial charge in [0.15, 0.2) is 5.13 Å². The molecule has 1 unspecified atom stereocenters. The van der Waals surface area contributed by atoms with E-state index in [0.29, 0.717) is 11.7 Å². The molecule has 23 heavy (non-hydrogen) atoms. The molecule has 0 radical (unpaired) electrons. The average Bonchev–Trinajstić information content (AvgIpc) is 2.86. The second-order valence-corrected chi connectivity index (χ2v) is 6.87. The van der Waals surface area contributed by atoms with Crippen LogP contribution in [0.1, 0.15) is 26.3 Å². The van der Waals surface area contributed by atoms with Gasteiger partial charge in [-0.3, -0.25) is 4.79 Å². The lowest BCUT2D eigenvalue weighted by atomic mass is 10.2. The lowest BCUT2D eigenvalue weighted by molar-refractivity contribution is -0.117. The van der Waals surface area contributed by atoms with Crippen LogP contribution in [0, 0.1) is 12.8 Å². The average molecular weight is 335 g/mol. The fraction of sp³-hybridized carbons (Fsp3) is 0.438. The predicted octanol–water partition coefficient (Wildman–Crippen LogP) is 3.31. The number of ether oxygens (including phenoxy) is 1. The van der Waals surface area contributed by atoms with E-state index < -0.39 is 12.1 Å². The van der Waals surface area contributed by atoms with E-state index in [1.807, 2.05) is 39.0 Å². The van der Waals surface area contributed by atoms with Crippen LogP contribution in [0.2, 0.25) is 0 Å². The number of aryl methyl sites for hydroxylation is 1. The molecule has 0 aliphatic heterocycles. The lowest BCUT2D eigenvalue weighted by Gasteiger charge is -2.13. The third-order valence-electron chi connectivity index (χ3n) is 3.05. The van der Waals surface area contributed by atoms with Crippen LogP contribution >= 0.6 is 11.3 Å². The Balaban J connectivity index is 1.93. The second kappa shape index (κ2) is 7.41. The van der Waals surface area contributed by atoms with Crippen molar-refractivity contribution in [3.63, 3.8) is 0 Å². The van der Waals surface area contributed by atoms with Crippen molar-refractivity contribution in [3.05, 3.63) is 23.8 Å². The van der Waals surface area contributed by atoms with E-state index in [1.54, 1.807) is 6.92 Å². The van der Waals surface area contributed by atoms with Gasteiger partial charge >= 0.3 is 6.09 Å². The number of anilines is 1. The van der Waals surface area contributed by atoms with Crippen LogP contribution < -0.4 is 10.6 Å². The molecule has 1 heterocycles. The van der Waals surface area contributed by atoms with Crippen molar-refractivity contribution in [1.29, 1.82) is 0 Å². The van der Waals surface area contributed by atoms with Crippen molar-refractivity contribution in [3.8, 4) is 0 Å². The summed E-state index contributed by atoms with van der Waals surface area (Å²) >= 11 is 1.40. The Morgan fingerprint density at radius 1 is 1.30 bits per heavy atom. The molecule has 6 nitrogen and oxygen atoms in total. The molecule has 0 saturated heterocycles. The molecule has 124 valence electrons. The van der Waals surface area contributed by atoms with Crippen LogP contribution in [-0.2, 0) is 9.53 Å². The van der Waals surface area contributed by atoms with Crippen LogP contribution in [0.3, 0.4) is 0 Å². The Kier molecular flexibility index (Phi) is 5.54. The first-order chi connectivity index (χ1) is 10.8. The highest BCUT2D eigenvalue weighted by Crippen LogP contribution is 2.26. The number of amides is 2. The van der Waals surface area contributed by atoms with Crippen LogP contribution in [0.25, 0.3) is 10.2 Å². The zero-order valence-corrected chi connectivity index (χ0v) is 14.5. The van der Waals surface area contributed by atoms with Gasteiger partial charge in [-0.1, -0.05) is 31.3 Å². The Morgan fingerprint density at radius 2 is 2.04 bits per heavy atom. The first kappa shape index (κ1) is 17.2. The highest BCUT2D eigenvalue weighted by atomic mass is 32.1. The fourth-order valence-corrected chi connectivity index (χ4v) is 2.79. The molecule has 1 aromatic heterocycles. The number of nitrogens with zero attached hydrogens (tertiary/aromatic N) is 1. The quantitative estimate of drug-likeness (QED) is 0.878. The lowest BCUT2D eigenvalue weighted by Crippen LogP contribution is -2.42. The topological polar surface area (TPSA) is 80.3 Å². The van der Waals surface area contributed by atoms with Gasteiger partial charge in [-0.15, -0.1) is 0 Å². The number of carbonyl (C=O) groups excluding carboxylic acids is 2. The van der Waals surface area contributed by atoms with Crippen molar-refractivity contribution in [2.75, 3.05) is 11.9 Å². The van der Waals surface area contributed by atoms with Gasteiger partial charge in [-0.05, 0) is 37.5 Å². The summed E-state index contributed by atoms with van der Waals surface area (Å²) in [5, 5.41) is 5.73. The number of thiazole rings is 1. The standard InChI is InChI=1S/C16H21N3O3S/c1-9(2)8-22-16(21)17-11(4)14(20)19-15-18-12-6-5-10(3)7-13(12)23-15/h5-7,9,11H,8H2,1-4H3,(H,17,21)(H,18,19,20). The summed E-state index contributed by atoms with van der Waals surface area (Å²) in [4.78, 5) is 28.0. The number of hydrogen-bond donors (Lipinski definition) is 2. The Labute approximate surface area is 139 Å². The normalized spacial score (nSPS) is 12.2. The van der Waals surface area contributed by atoms with Gasteiger partial charge in [-0.25, -0.2) is 9.78 Å². The van der Waals surface area contributed by atoms with Crippen LogP contribution in [0.4, 0.5) is 9.93 Å². The number of carbonyl (C=O) groups is 2. The number of nitrogens with one attached hydrogen (secondary N) is 2. The maximum atomic E-state index is 12.1. The van der Waals surface area contributed by atoms with Gasteiger partial charge < -0.3 is 15.4 Å². The van der Waals surface area contributed by atoms with Crippen LogP contribution in [-0.4, -0.2) is 29.6 Å². The van der Waals surface area contributed by atoms with Gasteiger partial charge in [0.2, 0.25) is 5.91 Å². The molecule has 2 rings (SSSR count). The third-order valence-corrected chi connectivity index (χ3v) is 3.98. The van der Waals surface area contributed by atoms with Gasteiger partial charge in [0.1, 0.15) is 6.04 Å². The second-order valence-electron chi connectivity index (χ2n) is 5.84. The molecule has 0 aliphatic carbocycles. The van der Waals surface area contributed by atoms with Gasteiger partial charge in [0, 0.05) is 0 Å². The molecule has 2 N–H and O–H groups in total. The maximum absolute atomic E-state index is 12.1. The van der Waals surface area contributed by atoms with Crippen LogP contribution in [0.5, 0.6) is 0 Å². The molecular formula is C16H21N3O3S. The largest absolute Gasteiger partial charge is 0.449 e. The van der Waals surface area contributed by atoms with E-state index in [9.17, 15) is 9.59 Å². The minimum Gasteiger partial charge on any atom is -0.449 e. The smallest absolute Gasteiger partial charge is 0.407 e. The molecule has 0 saturated carbocycles. The minimum absolute atomic E-state index is 0.246. The van der Waals surface area contributed by atoms with E-state index in [1.165, 1.54) is 11.3 Å². The highest BCUT2D eigenvalue weighted by Gasteiger charge is 2.18. The number of hydrogen-bond acceptors (Lipinski definition) is 5. The van der Waals surface area contributed by atoms with Crippen LogP contribution in [0.15, 0.2) is 18.2 Å². The SMILES string of the molecule is Cc1ccc2nc(NC(=O)C(C)NC(=O)OCC(C)C)sc2c1. The molecule has 1 atom stereocenters. The monoisotopic (exact) mass is 335 g/mol. The molecule has 2 amide bonds. The van der Waals surface area contributed by atoms with Crippen molar-refractivity contribution < 1.29 is 14.3 Å². The van der Waals surface area contributed by atoms with Crippen molar-refractivity contribution in [2.45, 2.75) is 33.7 Å². The predicted molar refractivity (Wildman–Crippen MR) is 91.8 cm³/mol. The van der Waals surface area contributed by atoms with E-state index in [4.69, 9.17) is 4.74 Å². The molecular weight excluding hydrogens is 314 g/mol. The molecule has 1 aromatic carbocycles. The summed E-state index contributed by atoms with van der Waals surface area (Å²) in [6.07, 6.45) is -0.596. The summed E-state index contributed by atoms with van der Waals surface area (Å²) in [6.45, 7) is 7.81. The maximum Gasteiger partial charge on any atom is 0.407 e. The Bertz CT molecular complexity index is 712. The number of benzene rings is 1. The zero-order valence-electron chi connectivity index (χ0n) is 13.7.